The van der Waals surface area contributed by atoms with Crippen molar-refractivity contribution < 1.29 is 19.9 Å². The SMILES string of the molecule is Nc1ncnc2c1ncn2C1OC(CSCCNCC2Cc3ccc([N+](=O)[O-])cc3CN2)[C@@H](O)[C@H]1O. The van der Waals surface area contributed by atoms with Crippen molar-refractivity contribution in [2.45, 2.75) is 43.5 Å². The second kappa shape index (κ2) is 10.6. The van der Waals surface area contributed by atoms with E-state index in [0.29, 0.717) is 23.5 Å². The molecule has 0 aliphatic carbocycles. The first-order chi connectivity index (χ1) is 17.4. The number of non-ortho nitro benzene ring substituents is 1. The lowest BCUT2D eigenvalue weighted by molar-refractivity contribution is -0.384. The maximum absolute atomic E-state index is 11.0. The number of imidazole rings is 1. The van der Waals surface area contributed by atoms with Gasteiger partial charge >= 0.3 is 0 Å². The van der Waals surface area contributed by atoms with E-state index in [9.17, 15) is 20.3 Å². The summed E-state index contributed by atoms with van der Waals surface area (Å²) in [5.74, 6) is 1.57. The monoisotopic (exact) mass is 516 g/mol. The molecule has 2 aromatic heterocycles. The van der Waals surface area contributed by atoms with Gasteiger partial charge in [-0.25, -0.2) is 15.0 Å². The molecular formula is C22H28N8O5S. The summed E-state index contributed by atoms with van der Waals surface area (Å²) in [5.41, 5.74) is 8.93. The van der Waals surface area contributed by atoms with Gasteiger partial charge in [-0.3, -0.25) is 14.7 Å². The highest BCUT2D eigenvalue weighted by atomic mass is 32.2. The minimum atomic E-state index is -1.12. The van der Waals surface area contributed by atoms with Gasteiger partial charge in [-0.2, -0.15) is 11.8 Å². The van der Waals surface area contributed by atoms with Crippen LogP contribution >= 0.6 is 11.8 Å². The number of fused-ring (bicyclic) bond motifs is 2. The van der Waals surface area contributed by atoms with Crippen molar-refractivity contribution >= 4 is 34.4 Å². The molecule has 3 aromatic rings. The molecule has 4 heterocycles. The highest BCUT2D eigenvalue weighted by molar-refractivity contribution is 7.99. The molecular weight excluding hydrogens is 488 g/mol. The number of nitrogens with two attached hydrogens (primary N) is 1. The van der Waals surface area contributed by atoms with Crippen molar-refractivity contribution in [1.82, 2.24) is 30.2 Å². The van der Waals surface area contributed by atoms with Crippen molar-refractivity contribution in [3.05, 3.63) is 52.1 Å². The first-order valence-corrected chi connectivity index (χ1v) is 12.8. The highest BCUT2D eigenvalue weighted by Gasteiger charge is 2.44. The fraction of sp³-hybridized carbons (Fsp3) is 0.500. The fourth-order valence-electron chi connectivity index (χ4n) is 4.60. The number of nitrogens with one attached hydrogen (secondary N) is 2. The third-order valence-electron chi connectivity index (χ3n) is 6.54. The average molecular weight is 517 g/mol. The summed E-state index contributed by atoms with van der Waals surface area (Å²) >= 11 is 1.63. The minimum absolute atomic E-state index is 0.122. The molecule has 36 heavy (non-hydrogen) atoms. The molecule has 1 aromatic carbocycles. The third-order valence-corrected chi connectivity index (χ3v) is 7.60. The summed E-state index contributed by atoms with van der Waals surface area (Å²) in [6.07, 6.45) is 0.111. The molecule has 0 spiro atoms. The molecule has 0 radical (unpaired) electrons. The normalized spacial score (nSPS) is 25.8. The van der Waals surface area contributed by atoms with Gasteiger partial charge in [0.25, 0.3) is 5.69 Å². The Labute approximate surface area is 210 Å². The number of nitro benzene ring substituents is 1. The van der Waals surface area contributed by atoms with Crippen LogP contribution in [0.2, 0.25) is 0 Å². The molecule has 13 nitrogen and oxygen atoms in total. The van der Waals surface area contributed by atoms with Crippen molar-refractivity contribution in [2.24, 2.45) is 0 Å². The van der Waals surface area contributed by atoms with Gasteiger partial charge in [0.1, 0.15) is 24.1 Å². The number of thioether (sulfide) groups is 1. The van der Waals surface area contributed by atoms with Crippen LogP contribution in [0.25, 0.3) is 11.2 Å². The number of anilines is 1. The standard InChI is InChI=1S/C22H28N8O5S/c23-20-17-21(27-10-26-20)29(11-28-17)22-19(32)18(31)16(35-22)9-36-4-3-24-8-14-5-12-1-2-15(30(33)34)6-13(12)7-25-14/h1-2,6,10-11,14,16,18-19,22,24-25,31-32H,3-5,7-9H2,(H2,23,26,27)/t14?,16?,18-,19-,22?/m1/s1. The van der Waals surface area contributed by atoms with Crippen molar-refractivity contribution in [3.8, 4) is 0 Å². The second-order valence-corrected chi connectivity index (χ2v) is 10.1. The van der Waals surface area contributed by atoms with E-state index in [1.54, 1.807) is 28.5 Å². The van der Waals surface area contributed by atoms with E-state index in [1.807, 2.05) is 6.07 Å². The Balaban J connectivity index is 1.05. The lowest BCUT2D eigenvalue weighted by Gasteiger charge is -2.26. The number of aromatic nitrogens is 4. The number of aliphatic hydroxyl groups excluding tert-OH is 2. The topological polar surface area (TPSA) is 187 Å². The van der Waals surface area contributed by atoms with Gasteiger partial charge in [-0.1, -0.05) is 6.07 Å². The molecule has 1 saturated heterocycles. The Morgan fingerprint density at radius 1 is 1.28 bits per heavy atom. The Morgan fingerprint density at radius 3 is 2.97 bits per heavy atom. The third kappa shape index (κ3) is 5.00. The predicted octanol–water partition coefficient (Wildman–Crippen LogP) is -0.0268. The Bertz CT molecular complexity index is 1240. The van der Waals surface area contributed by atoms with E-state index in [0.717, 1.165) is 36.4 Å². The van der Waals surface area contributed by atoms with E-state index in [4.69, 9.17) is 10.5 Å². The molecule has 2 aliphatic rings. The summed E-state index contributed by atoms with van der Waals surface area (Å²) in [6.45, 7) is 2.16. The average Bonchev–Trinajstić information content (AvgIpc) is 3.43. The molecule has 0 bridgehead atoms. The Kier molecular flexibility index (Phi) is 7.32. The van der Waals surface area contributed by atoms with Crippen LogP contribution in [0, 0.1) is 10.1 Å². The zero-order valence-electron chi connectivity index (χ0n) is 19.4. The van der Waals surface area contributed by atoms with Crippen LogP contribution in [0.4, 0.5) is 11.5 Å². The number of hydrogen-bond acceptors (Lipinski definition) is 12. The number of nitrogens with zero attached hydrogens (tertiary/aromatic N) is 5. The number of hydrogen-bond donors (Lipinski definition) is 5. The van der Waals surface area contributed by atoms with E-state index >= 15 is 0 Å². The molecule has 5 rings (SSSR count). The number of nitro groups is 1. The Hall–Kier alpha value is -2.88. The second-order valence-electron chi connectivity index (χ2n) is 8.90. The van der Waals surface area contributed by atoms with Crippen LogP contribution in [0.3, 0.4) is 0 Å². The minimum Gasteiger partial charge on any atom is -0.387 e. The van der Waals surface area contributed by atoms with E-state index in [1.165, 1.54) is 12.7 Å². The summed E-state index contributed by atoms with van der Waals surface area (Å²) in [5, 5.41) is 38.9. The van der Waals surface area contributed by atoms with Crippen molar-refractivity contribution in [1.29, 1.82) is 0 Å². The zero-order chi connectivity index (χ0) is 25.2. The predicted molar refractivity (Wildman–Crippen MR) is 133 cm³/mol. The maximum Gasteiger partial charge on any atom is 0.269 e. The molecule has 3 unspecified atom stereocenters. The molecule has 6 N–H and O–H groups in total. The first kappa shape index (κ1) is 24.8. The lowest BCUT2D eigenvalue weighted by atomic mass is 9.95. The fourth-order valence-corrected chi connectivity index (χ4v) is 5.56. The molecule has 0 amide bonds. The number of aliphatic hydroxyl groups is 2. The van der Waals surface area contributed by atoms with Crippen LogP contribution in [-0.2, 0) is 17.7 Å². The van der Waals surface area contributed by atoms with Gasteiger partial charge in [-0.15, -0.1) is 0 Å². The molecule has 1 fully saturated rings. The highest BCUT2D eigenvalue weighted by Crippen LogP contribution is 2.33. The van der Waals surface area contributed by atoms with Crippen LogP contribution in [0.5, 0.6) is 0 Å². The van der Waals surface area contributed by atoms with Crippen LogP contribution < -0.4 is 16.4 Å². The molecule has 14 heteroatoms. The van der Waals surface area contributed by atoms with Gasteiger partial charge < -0.3 is 31.3 Å². The van der Waals surface area contributed by atoms with Gasteiger partial charge in [0.2, 0.25) is 0 Å². The summed E-state index contributed by atoms with van der Waals surface area (Å²) in [7, 11) is 0. The van der Waals surface area contributed by atoms with Gasteiger partial charge in [-0.05, 0) is 17.5 Å². The van der Waals surface area contributed by atoms with Crippen LogP contribution in [-0.4, -0.2) is 83.6 Å². The molecule has 2 aliphatic heterocycles. The van der Waals surface area contributed by atoms with Gasteiger partial charge in [0.15, 0.2) is 17.7 Å². The van der Waals surface area contributed by atoms with Crippen LogP contribution in [0.1, 0.15) is 17.4 Å². The maximum atomic E-state index is 11.0. The number of benzene rings is 1. The van der Waals surface area contributed by atoms with E-state index in [2.05, 4.69) is 25.6 Å². The van der Waals surface area contributed by atoms with Crippen molar-refractivity contribution in [3.63, 3.8) is 0 Å². The largest absolute Gasteiger partial charge is 0.387 e. The summed E-state index contributed by atoms with van der Waals surface area (Å²) in [4.78, 5) is 22.9. The lowest BCUT2D eigenvalue weighted by Crippen LogP contribution is -2.43. The van der Waals surface area contributed by atoms with Crippen molar-refractivity contribution in [2.75, 3.05) is 30.3 Å². The smallest absolute Gasteiger partial charge is 0.269 e. The van der Waals surface area contributed by atoms with Crippen LogP contribution in [0.15, 0.2) is 30.9 Å². The first-order valence-electron chi connectivity index (χ1n) is 11.6. The quantitative estimate of drug-likeness (QED) is 0.145. The zero-order valence-corrected chi connectivity index (χ0v) is 20.2. The summed E-state index contributed by atoms with van der Waals surface area (Å²) < 4.78 is 7.54. The molecule has 5 atom stereocenters. The number of rotatable bonds is 9. The van der Waals surface area contributed by atoms with E-state index < -0.39 is 24.5 Å². The van der Waals surface area contributed by atoms with Gasteiger partial charge in [0.05, 0.1) is 17.4 Å². The molecule has 192 valence electrons. The number of ether oxygens (including phenoxy) is 1. The van der Waals surface area contributed by atoms with E-state index in [-0.39, 0.29) is 22.5 Å². The Morgan fingerprint density at radius 2 is 2.14 bits per heavy atom. The van der Waals surface area contributed by atoms with Gasteiger partial charge in [0, 0.05) is 49.3 Å². The summed E-state index contributed by atoms with van der Waals surface area (Å²) in [6, 6.07) is 5.30. The number of nitrogen functional groups attached to an aromatic ring is 1. The molecule has 0 saturated carbocycles.